The summed E-state index contributed by atoms with van der Waals surface area (Å²) in [7, 11) is 0. The third-order valence-electron chi connectivity index (χ3n) is 3.57. The minimum Gasteiger partial charge on any atom is -0.368 e. The molecule has 0 amide bonds. The minimum absolute atomic E-state index is 0.264. The van der Waals surface area contributed by atoms with Crippen molar-refractivity contribution in [3.63, 3.8) is 0 Å². The molecule has 0 aliphatic heterocycles. The normalized spacial score (nSPS) is 10.9. The third-order valence-corrected chi connectivity index (χ3v) is 3.57. The van der Waals surface area contributed by atoms with Gasteiger partial charge in [-0.1, -0.05) is 30.3 Å². The number of fused-ring (bicyclic) bond motifs is 1. The van der Waals surface area contributed by atoms with Crippen molar-refractivity contribution in [2.24, 2.45) is 0 Å². The molecule has 4 aromatic rings. The number of hydrogen-bond acceptors (Lipinski definition) is 4. The minimum atomic E-state index is 0.264. The van der Waals surface area contributed by atoms with E-state index in [0.717, 1.165) is 33.4 Å². The summed E-state index contributed by atoms with van der Waals surface area (Å²) in [6.07, 6.45) is 5.48. The number of rotatable bonds is 2. The number of aromatic nitrogens is 4. The summed E-state index contributed by atoms with van der Waals surface area (Å²) in [6.45, 7) is 0. The maximum Gasteiger partial charge on any atom is 0.221 e. The number of pyridine rings is 1. The molecule has 4 rings (SSSR count). The van der Waals surface area contributed by atoms with Crippen molar-refractivity contribution in [1.29, 1.82) is 0 Å². The molecule has 1 aromatic carbocycles. The van der Waals surface area contributed by atoms with E-state index < -0.39 is 0 Å². The largest absolute Gasteiger partial charge is 0.368 e. The predicted octanol–water partition coefficient (Wildman–Crippen LogP) is 3.27. The van der Waals surface area contributed by atoms with Crippen LogP contribution < -0.4 is 5.73 Å². The van der Waals surface area contributed by atoms with Crippen molar-refractivity contribution < 1.29 is 0 Å². The summed E-state index contributed by atoms with van der Waals surface area (Å²) in [5.41, 5.74) is 10.5. The first kappa shape index (κ1) is 12.5. The second-order valence-electron chi connectivity index (χ2n) is 4.99. The summed E-state index contributed by atoms with van der Waals surface area (Å²) in [4.78, 5) is 16.0. The molecule has 3 N–H and O–H groups in total. The number of anilines is 1. The molecule has 0 unspecified atom stereocenters. The summed E-state index contributed by atoms with van der Waals surface area (Å²) in [6, 6.07) is 13.8. The van der Waals surface area contributed by atoms with E-state index in [2.05, 4.69) is 19.9 Å². The van der Waals surface area contributed by atoms with Crippen LogP contribution in [0.3, 0.4) is 0 Å². The van der Waals surface area contributed by atoms with Crippen LogP contribution in [-0.2, 0) is 0 Å². The zero-order valence-corrected chi connectivity index (χ0v) is 11.7. The van der Waals surface area contributed by atoms with Crippen molar-refractivity contribution in [2.75, 3.05) is 5.73 Å². The molecular formula is C17H13N5. The van der Waals surface area contributed by atoms with Gasteiger partial charge >= 0.3 is 0 Å². The Labute approximate surface area is 126 Å². The van der Waals surface area contributed by atoms with Crippen LogP contribution in [0.15, 0.2) is 61.1 Å². The number of aromatic amines is 1. The topological polar surface area (TPSA) is 80.5 Å². The highest BCUT2D eigenvalue weighted by molar-refractivity contribution is 5.94. The number of nitrogens with one attached hydrogen (secondary N) is 1. The maximum absolute atomic E-state index is 5.90. The predicted molar refractivity (Wildman–Crippen MR) is 87.0 cm³/mol. The van der Waals surface area contributed by atoms with E-state index in [1.807, 2.05) is 48.7 Å². The SMILES string of the molecule is Nc1nc(-c2ccccc2)cc(-c2c[nH]c3cnccc23)n1. The Bertz CT molecular complexity index is 944. The summed E-state index contributed by atoms with van der Waals surface area (Å²) < 4.78 is 0. The molecule has 3 heterocycles. The molecule has 5 nitrogen and oxygen atoms in total. The van der Waals surface area contributed by atoms with Gasteiger partial charge in [-0.05, 0) is 12.1 Å². The number of nitrogen functional groups attached to an aromatic ring is 1. The number of benzene rings is 1. The third kappa shape index (κ3) is 2.09. The highest BCUT2D eigenvalue weighted by atomic mass is 15.0. The van der Waals surface area contributed by atoms with Gasteiger partial charge in [0.15, 0.2) is 0 Å². The van der Waals surface area contributed by atoms with E-state index in [0.29, 0.717) is 0 Å². The lowest BCUT2D eigenvalue weighted by atomic mass is 10.1. The second-order valence-corrected chi connectivity index (χ2v) is 4.99. The van der Waals surface area contributed by atoms with Crippen LogP contribution >= 0.6 is 0 Å². The number of nitrogens with zero attached hydrogens (tertiary/aromatic N) is 3. The molecule has 0 fully saturated rings. The lowest BCUT2D eigenvalue weighted by molar-refractivity contribution is 1.19. The first-order chi connectivity index (χ1) is 10.8. The Morgan fingerprint density at radius 2 is 1.77 bits per heavy atom. The van der Waals surface area contributed by atoms with E-state index in [9.17, 15) is 0 Å². The fourth-order valence-electron chi connectivity index (χ4n) is 2.54. The van der Waals surface area contributed by atoms with Gasteiger partial charge in [0.1, 0.15) is 0 Å². The highest BCUT2D eigenvalue weighted by Crippen LogP contribution is 2.29. The van der Waals surface area contributed by atoms with Gasteiger partial charge in [-0.15, -0.1) is 0 Å². The lowest BCUT2D eigenvalue weighted by Gasteiger charge is -2.05. The van der Waals surface area contributed by atoms with Crippen molar-refractivity contribution in [3.8, 4) is 22.5 Å². The summed E-state index contributed by atoms with van der Waals surface area (Å²) in [5, 5.41) is 1.06. The van der Waals surface area contributed by atoms with E-state index in [4.69, 9.17) is 5.73 Å². The molecule has 0 aliphatic rings. The standard InChI is InChI=1S/C17H13N5/c18-17-21-14(11-4-2-1-3-5-11)8-15(22-17)13-9-20-16-10-19-7-6-12(13)16/h1-10,20H,(H2,18,21,22). The zero-order chi connectivity index (χ0) is 14.9. The smallest absolute Gasteiger partial charge is 0.221 e. The van der Waals surface area contributed by atoms with Gasteiger partial charge in [-0.2, -0.15) is 0 Å². The Kier molecular flexibility index (Phi) is 2.83. The van der Waals surface area contributed by atoms with E-state index in [1.165, 1.54) is 0 Å². The molecule has 22 heavy (non-hydrogen) atoms. The second kappa shape index (κ2) is 4.96. The maximum atomic E-state index is 5.90. The van der Waals surface area contributed by atoms with Gasteiger partial charge < -0.3 is 10.7 Å². The van der Waals surface area contributed by atoms with E-state index in [-0.39, 0.29) is 5.95 Å². The molecule has 0 bridgehead atoms. The van der Waals surface area contributed by atoms with Crippen LogP contribution in [0.5, 0.6) is 0 Å². The van der Waals surface area contributed by atoms with Crippen molar-refractivity contribution >= 4 is 16.9 Å². The first-order valence-corrected chi connectivity index (χ1v) is 6.93. The fourth-order valence-corrected chi connectivity index (χ4v) is 2.54. The lowest BCUT2D eigenvalue weighted by Crippen LogP contribution is -1.98. The molecule has 0 atom stereocenters. The van der Waals surface area contributed by atoms with Crippen molar-refractivity contribution in [1.82, 2.24) is 19.9 Å². The van der Waals surface area contributed by atoms with Crippen LogP contribution in [0.25, 0.3) is 33.4 Å². The van der Waals surface area contributed by atoms with Gasteiger partial charge in [-0.3, -0.25) is 4.98 Å². The average Bonchev–Trinajstić information content (AvgIpc) is 2.99. The molecule has 0 saturated carbocycles. The number of nitrogens with two attached hydrogens (primary N) is 1. The molecular weight excluding hydrogens is 274 g/mol. The molecule has 0 saturated heterocycles. The Morgan fingerprint density at radius 3 is 2.64 bits per heavy atom. The quantitative estimate of drug-likeness (QED) is 0.593. The molecule has 0 radical (unpaired) electrons. The highest BCUT2D eigenvalue weighted by Gasteiger charge is 2.11. The van der Waals surface area contributed by atoms with Gasteiger partial charge in [0.25, 0.3) is 0 Å². The van der Waals surface area contributed by atoms with Crippen LogP contribution in [0.1, 0.15) is 0 Å². The molecule has 0 spiro atoms. The van der Waals surface area contributed by atoms with Crippen molar-refractivity contribution in [2.45, 2.75) is 0 Å². The molecule has 5 heteroatoms. The van der Waals surface area contributed by atoms with E-state index in [1.54, 1.807) is 12.4 Å². The van der Waals surface area contributed by atoms with Gasteiger partial charge in [0.2, 0.25) is 5.95 Å². The zero-order valence-electron chi connectivity index (χ0n) is 11.7. The van der Waals surface area contributed by atoms with E-state index >= 15 is 0 Å². The first-order valence-electron chi connectivity index (χ1n) is 6.93. The van der Waals surface area contributed by atoms with Gasteiger partial charge in [-0.25, -0.2) is 9.97 Å². The molecule has 3 aromatic heterocycles. The Balaban J connectivity index is 1.91. The summed E-state index contributed by atoms with van der Waals surface area (Å²) in [5.74, 6) is 0.264. The van der Waals surface area contributed by atoms with Crippen molar-refractivity contribution in [3.05, 3.63) is 61.1 Å². The van der Waals surface area contributed by atoms with Crippen LogP contribution in [0.4, 0.5) is 5.95 Å². The van der Waals surface area contributed by atoms with Gasteiger partial charge in [0.05, 0.1) is 23.1 Å². The average molecular weight is 287 g/mol. The van der Waals surface area contributed by atoms with Crippen LogP contribution in [0, 0.1) is 0 Å². The number of hydrogen-bond donors (Lipinski definition) is 2. The van der Waals surface area contributed by atoms with Crippen LogP contribution in [0.2, 0.25) is 0 Å². The monoisotopic (exact) mass is 287 g/mol. The summed E-state index contributed by atoms with van der Waals surface area (Å²) >= 11 is 0. The Morgan fingerprint density at radius 1 is 0.955 bits per heavy atom. The van der Waals surface area contributed by atoms with Gasteiger partial charge in [0, 0.05) is 28.9 Å². The molecule has 106 valence electrons. The van der Waals surface area contributed by atoms with Crippen LogP contribution in [-0.4, -0.2) is 19.9 Å². The number of H-pyrrole nitrogens is 1. The Hall–Kier alpha value is -3.21. The molecule has 0 aliphatic carbocycles. The fraction of sp³-hybridized carbons (Fsp3) is 0.